The summed E-state index contributed by atoms with van der Waals surface area (Å²) in [6, 6.07) is 0. The summed E-state index contributed by atoms with van der Waals surface area (Å²) in [5.74, 6) is 0.0903. The van der Waals surface area contributed by atoms with Crippen LogP contribution in [0.5, 0.6) is 5.75 Å². The van der Waals surface area contributed by atoms with Gasteiger partial charge in [0, 0.05) is 6.54 Å². The maximum atomic E-state index is 11.5. The van der Waals surface area contributed by atoms with Crippen LogP contribution in [-0.2, 0) is 4.79 Å². The average molecular weight is 281 g/mol. The Balaban J connectivity index is 1.89. The minimum Gasteiger partial charge on any atom is -0.489 e. The molecule has 0 unspecified atom stereocenters. The molecule has 0 aromatic carbocycles. The summed E-state index contributed by atoms with van der Waals surface area (Å²) in [6.07, 6.45) is 4.49. The van der Waals surface area contributed by atoms with Crippen molar-refractivity contribution >= 4 is 11.8 Å². The molecule has 1 aromatic rings. The second-order valence-corrected chi connectivity index (χ2v) is 5.05. The van der Waals surface area contributed by atoms with Crippen molar-refractivity contribution in [1.29, 1.82) is 0 Å². The van der Waals surface area contributed by atoms with Crippen molar-refractivity contribution in [1.82, 2.24) is 9.97 Å². The van der Waals surface area contributed by atoms with Crippen molar-refractivity contribution in [3.05, 3.63) is 16.7 Å². The van der Waals surface area contributed by atoms with Crippen molar-refractivity contribution in [2.24, 2.45) is 11.8 Å². The molecule has 7 heteroatoms. The molecule has 2 rings (SSSR count). The topological polar surface area (TPSA) is 104 Å². The Labute approximate surface area is 116 Å². The fraction of sp³-hybridized carbons (Fsp3) is 0.615. The highest BCUT2D eigenvalue weighted by atomic mass is 16.5. The lowest BCUT2D eigenvalue weighted by Gasteiger charge is -2.26. The molecule has 3 N–H and O–H groups in total. The first kappa shape index (κ1) is 14.4. The molecule has 0 spiro atoms. The number of aliphatic carboxylic acids is 1. The number of aromatic nitrogens is 2. The third-order valence-corrected chi connectivity index (χ3v) is 3.77. The number of nitrogens with zero attached hydrogens (tertiary/aromatic N) is 1. The highest BCUT2D eigenvalue weighted by Crippen LogP contribution is 2.29. The van der Waals surface area contributed by atoms with Crippen LogP contribution in [0, 0.1) is 11.8 Å². The average Bonchev–Trinajstić information content (AvgIpc) is 2.45. The lowest BCUT2D eigenvalue weighted by atomic mass is 9.82. The van der Waals surface area contributed by atoms with Gasteiger partial charge in [0.2, 0.25) is 5.75 Å². The molecule has 20 heavy (non-hydrogen) atoms. The van der Waals surface area contributed by atoms with E-state index in [1.807, 2.05) is 0 Å². The zero-order valence-corrected chi connectivity index (χ0v) is 11.4. The minimum absolute atomic E-state index is 0.173. The molecule has 1 heterocycles. The summed E-state index contributed by atoms with van der Waals surface area (Å²) in [6.45, 7) is 0.666. The molecule has 1 aromatic heterocycles. The van der Waals surface area contributed by atoms with Gasteiger partial charge >= 0.3 is 5.97 Å². The summed E-state index contributed by atoms with van der Waals surface area (Å²) in [5, 5.41) is 12.1. The number of rotatable bonds is 5. The van der Waals surface area contributed by atoms with E-state index in [0.29, 0.717) is 31.1 Å². The van der Waals surface area contributed by atoms with Crippen molar-refractivity contribution in [3.63, 3.8) is 0 Å². The maximum Gasteiger partial charge on any atom is 0.306 e. The molecule has 0 bridgehead atoms. The quantitative estimate of drug-likeness (QED) is 0.746. The number of anilines is 1. The van der Waals surface area contributed by atoms with Gasteiger partial charge in [-0.15, -0.1) is 0 Å². The molecule has 1 saturated carbocycles. The fourth-order valence-corrected chi connectivity index (χ4v) is 2.56. The predicted octanol–water partition coefficient (Wildman–Crippen LogP) is 1.08. The van der Waals surface area contributed by atoms with Gasteiger partial charge in [-0.2, -0.15) is 0 Å². The van der Waals surface area contributed by atoms with E-state index in [1.54, 1.807) is 0 Å². The normalized spacial score (nSPS) is 22.2. The van der Waals surface area contributed by atoms with Gasteiger partial charge in [-0.3, -0.25) is 9.59 Å². The Morgan fingerprint density at radius 3 is 2.80 bits per heavy atom. The number of hydrogen-bond donors (Lipinski definition) is 3. The number of H-pyrrole nitrogens is 1. The first-order valence-electron chi connectivity index (χ1n) is 6.70. The van der Waals surface area contributed by atoms with Gasteiger partial charge in [0.05, 0.1) is 19.4 Å². The van der Waals surface area contributed by atoms with Crippen molar-refractivity contribution in [3.8, 4) is 5.75 Å². The SMILES string of the molecule is COc1c(NCC2CCC(C(=O)O)CC2)nc[nH]c1=O. The number of carbonyl (C=O) groups is 1. The summed E-state index contributed by atoms with van der Waals surface area (Å²) < 4.78 is 5.02. The highest BCUT2D eigenvalue weighted by Gasteiger charge is 2.26. The van der Waals surface area contributed by atoms with Gasteiger partial charge in [0.1, 0.15) is 0 Å². The maximum absolute atomic E-state index is 11.5. The third kappa shape index (κ3) is 3.28. The molecular formula is C13H19N3O4. The zero-order chi connectivity index (χ0) is 14.5. The van der Waals surface area contributed by atoms with Gasteiger partial charge in [-0.25, -0.2) is 4.98 Å². The number of aromatic amines is 1. The highest BCUT2D eigenvalue weighted by molar-refractivity contribution is 5.70. The first-order valence-corrected chi connectivity index (χ1v) is 6.70. The first-order chi connectivity index (χ1) is 9.61. The molecule has 110 valence electrons. The Morgan fingerprint density at radius 1 is 1.50 bits per heavy atom. The molecule has 0 amide bonds. The van der Waals surface area contributed by atoms with E-state index in [1.165, 1.54) is 13.4 Å². The lowest BCUT2D eigenvalue weighted by molar-refractivity contribution is -0.143. The summed E-state index contributed by atoms with van der Waals surface area (Å²) >= 11 is 0. The Bertz CT molecular complexity index is 521. The van der Waals surface area contributed by atoms with Crippen LogP contribution >= 0.6 is 0 Å². The van der Waals surface area contributed by atoms with E-state index in [4.69, 9.17) is 9.84 Å². The third-order valence-electron chi connectivity index (χ3n) is 3.77. The molecule has 1 fully saturated rings. The molecular weight excluding hydrogens is 262 g/mol. The minimum atomic E-state index is -0.700. The largest absolute Gasteiger partial charge is 0.489 e. The van der Waals surface area contributed by atoms with E-state index in [0.717, 1.165) is 12.8 Å². The Kier molecular flexibility index (Phi) is 4.60. The summed E-state index contributed by atoms with van der Waals surface area (Å²) in [5.41, 5.74) is -0.320. The number of ether oxygens (including phenoxy) is 1. The van der Waals surface area contributed by atoms with E-state index >= 15 is 0 Å². The number of hydrogen-bond acceptors (Lipinski definition) is 5. The van der Waals surface area contributed by atoms with Gasteiger partial charge in [-0.05, 0) is 31.6 Å². The van der Waals surface area contributed by atoms with Crippen molar-refractivity contribution < 1.29 is 14.6 Å². The molecule has 7 nitrogen and oxygen atoms in total. The second kappa shape index (κ2) is 6.40. The van der Waals surface area contributed by atoms with E-state index in [9.17, 15) is 9.59 Å². The van der Waals surface area contributed by atoms with Gasteiger partial charge in [-0.1, -0.05) is 0 Å². The van der Waals surface area contributed by atoms with Crippen LogP contribution in [0.4, 0.5) is 5.82 Å². The van der Waals surface area contributed by atoms with Crippen molar-refractivity contribution in [2.45, 2.75) is 25.7 Å². The number of nitrogens with one attached hydrogen (secondary N) is 2. The molecule has 1 aliphatic carbocycles. The van der Waals surface area contributed by atoms with Gasteiger partial charge in [0.25, 0.3) is 5.56 Å². The van der Waals surface area contributed by atoms with Crippen LogP contribution in [0.25, 0.3) is 0 Å². The molecule has 0 radical (unpaired) electrons. The second-order valence-electron chi connectivity index (χ2n) is 5.05. The smallest absolute Gasteiger partial charge is 0.306 e. The lowest BCUT2D eigenvalue weighted by Crippen LogP contribution is -2.26. The van der Waals surface area contributed by atoms with E-state index < -0.39 is 5.97 Å². The van der Waals surface area contributed by atoms with Crippen LogP contribution in [0.3, 0.4) is 0 Å². The van der Waals surface area contributed by atoms with E-state index in [-0.39, 0.29) is 17.2 Å². The molecule has 0 atom stereocenters. The fourth-order valence-electron chi connectivity index (χ4n) is 2.56. The van der Waals surface area contributed by atoms with Crippen LogP contribution in [-0.4, -0.2) is 34.7 Å². The number of carboxylic acid groups (broad SMARTS) is 1. The van der Waals surface area contributed by atoms with Crippen molar-refractivity contribution in [2.75, 3.05) is 19.0 Å². The molecule has 1 aliphatic rings. The number of carboxylic acids is 1. The molecule has 0 saturated heterocycles. The standard InChI is InChI=1S/C13H19N3O4/c1-20-10-11(15-7-16-12(10)17)14-6-8-2-4-9(5-3-8)13(18)19/h7-9H,2-6H2,1H3,(H,18,19)(H2,14,15,16,17). The van der Waals surface area contributed by atoms with Crippen LogP contribution in [0.2, 0.25) is 0 Å². The monoisotopic (exact) mass is 281 g/mol. The van der Waals surface area contributed by atoms with Gasteiger partial charge < -0.3 is 20.1 Å². The van der Waals surface area contributed by atoms with Crippen LogP contribution in [0.1, 0.15) is 25.7 Å². The van der Waals surface area contributed by atoms with Gasteiger partial charge in [0.15, 0.2) is 5.82 Å². The molecule has 0 aliphatic heterocycles. The Hall–Kier alpha value is -2.05. The van der Waals surface area contributed by atoms with E-state index in [2.05, 4.69) is 15.3 Å². The van der Waals surface area contributed by atoms with Crippen LogP contribution in [0.15, 0.2) is 11.1 Å². The number of methoxy groups -OCH3 is 1. The predicted molar refractivity (Wildman–Crippen MR) is 73.0 cm³/mol. The zero-order valence-electron chi connectivity index (χ0n) is 11.4. The van der Waals surface area contributed by atoms with Crippen LogP contribution < -0.4 is 15.6 Å². The Morgan fingerprint density at radius 2 is 2.20 bits per heavy atom. The summed E-state index contributed by atoms with van der Waals surface area (Å²) in [7, 11) is 1.43. The summed E-state index contributed by atoms with van der Waals surface area (Å²) in [4.78, 5) is 28.9.